The summed E-state index contributed by atoms with van der Waals surface area (Å²) in [6.45, 7) is 0. The van der Waals surface area contributed by atoms with Gasteiger partial charge < -0.3 is 9.47 Å². The molecular weight excluding hydrogens is 518 g/mol. The standard InChI is InChI=1S/C25H18ClN5O5S/c1-35-20-13-15(7-12-19(20)36-24(34)17-8-10-18(26)11-9-17)14-27-29-22(33)21(32)28-25-31-30-23(37-25)16-5-3-2-4-6-16/h2-14H,1H3,(H,29,33)(H,28,31,32). The van der Waals surface area contributed by atoms with E-state index in [1.807, 2.05) is 30.3 Å². The summed E-state index contributed by atoms with van der Waals surface area (Å²) < 4.78 is 10.7. The number of ether oxygens (including phenoxy) is 2. The molecule has 1 aromatic heterocycles. The van der Waals surface area contributed by atoms with Crippen LogP contribution in [-0.4, -0.2) is 41.3 Å². The van der Waals surface area contributed by atoms with Crippen molar-refractivity contribution in [2.75, 3.05) is 12.4 Å². The molecule has 37 heavy (non-hydrogen) atoms. The summed E-state index contributed by atoms with van der Waals surface area (Å²) in [5.41, 5.74) is 3.82. The number of anilines is 1. The van der Waals surface area contributed by atoms with Gasteiger partial charge in [-0.05, 0) is 48.0 Å². The lowest BCUT2D eigenvalue weighted by atomic mass is 10.2. The summed E-state index contributed by atoms with van der Waals surface area (Å²) in [6.07, 6.45) is 1.30. The second-order valence-electron chi connectivity index (χ2n) is 7.24. The second kappa shape index (κ2) is 11.9. The third-order valence-electron chi connectivity index (χ3n) is 4.72. The lowest BCUT2D eigenvalue weighted by molar-refractivity contribution is -0.136. The van der Waals surface area contributed by atoms with Crippen LogP contribution in [0.15, 0.2) is 77.9 Å². The Balaban J connectivity index is 1.33. The number of hydrogen-bond donors (Lipinski definition) is 2. The maximum Gasteiger partial charge on any atom is 0.343 e. The zero-order valence-electron chi connectivity index (χ0n) is 19.2. The van der Waals surface area contributed by atoms with E-state index in [1.54, 1.807) is 36.4 Å². The highest BCUT2D eigenvalue weighted by atomic mass is 35.5. The fourth-order valence-electron chi connectivity index (χ4n) is 2.93. The van der Waals surface area contributed by atoms with Crippen LogP contribution in [0.2, 0.25) is 5.02 Å². The van der Waals surface area contributed by atoms with Gasteiger partial charge in [0.1, 0.15) is 5.01 Å². The third kappa shape index (κ3) is 6.75. The quantitative estimate of drug-likeness (QED) is 0.119. The first kappa shape index (κ1) is 25.5. The van der Waals surface area contributed by atoms with E-state index in [2.05, 4.69) is 26.0 Å². The first-order valence-corrected chi connectivity index (χ1v) is 11.8. The van der Waals surface area contributed by atoms with E-state index < -0.39 is 17.8 Å². The van der Waals surface area contributed by atoms with Crippen molar-refractivity contribution in [3.63, 3.8) is 0 Å². The molecule has 0 saturated carbocycles. The number of halogens is 1. The van der Waals surface area contributed by atoms with Crippen LogP contribution in [0, 0.1) is 0 Å². The number of hydrazone groups is 1. The number of aromatic nitrogens is 2. The molecule has 0 fully saturated rings. The fourth-order valence-corrected chi connectivity index (χ4v) is 3.80. The second-order valence-corrected chi connectivity index (χ2v) is 8.65. The van der Waals surface area contributed by atoms with E-state index in [0.29, 0.717) is 21.2 Å². The molecule has 0 saturated heterocycles. The Hall–Kier alpha value is -4.61. The normalized spacial score (nSPS) is 10.6. The number of hydrogen-bond acceptors (Lipinski definition) is 9. The van der Waals surface area contributed by atoms with Gasteiger partial charge >= 0.3 is 17.8 Å². The number of rotatable bonds is 7. The van der Waals surface area contributed by atoms with E-state index in [9.17, 15) is 14.4 Å². The lowest BCUT2D eigenvalue weighted by Crippen LogP contribution is -2.32. The smallest absolute Gasteiger partial charge is 0.343 e. The first-order chi connectivity index (χ1) is 17.9. The van der Waals surface area contributed by atoms with Gasteiger partial charge in [0.2, 0.25) is 5.13 Å². The molecule has 2 N–H and O–H groups in total. The van der Waals surface area contributed by atoms with Gasteiger partial charge in [-0.15, -0.1) is 10.2 Å². The van der Waals surface area contributed by atoms with Crippen LogP contribution in [-0.2, 0) is 9.59 Å². The van der Waals surface area contributed by atoms with Crippen molar-refractivity contribution < 1.29 is 23.9 Å². The summed E-state index contributed by atoms with van der Waals surface area (Å²) in [6, 6.07) is 20.2. The Kier molecular flexibility index (Phi) is 8.18. The van der Waals surface area contributed by atoms with Crippen LogP contribution >= 0.6 is 22.9 Å². The molecule has 0 aliphatic rings. The van der Waals surface area contributed by atoms with Crippen LogP contribution in [0.3, 0.4) is 0 Å². The Morgan fingerprint density at radius 2 is 1.70 bits per heavy atom. The average molecular weight is 536 g/mol. The van der Waals surface area contributed by atoms with Crippen molar-refractivity contribution >= 4 is 52.1 Å². The lowest BCUT2D eigenvalue weighted by Gasteiger charge is -2.10. The number of esters is 1. The van der Waals surface area contributed by atoms with Crippen molar-refractivity contribution in [3.05, 3.63) is 88.9 Å². The Morgan fingerprint density at radius 3 is 2.43 bits per heavy atom. The molecule has 4 aromatic rings. The van der Waals surface area contributed by atoms with Gasteiger partial charge in [0, 0.05) is 10.6 Å². The minimum absolute atomic E-state index is 0.177. The van der Waals surface area contributed by atoms with Gasteiger partial charge in [-0.25, -0.2) is 10.2 Å². The summed E-state index contributed by atoms with van der Waals surface area (Å²) in [4.78, 5) is 36.6. The summed E-state index contributed by atoms with van der Waals surface area (Å²) in [5, 5.41) is 15.3. The fraction of sp³-hybridized carbons (Fsp3) is 0.0400. The van der Waals surface area contributed by atoms with Gasteiger partial charge in [0.15, 0.2) is 11.5 Å². The van der Waals surface area contributed by atoms with Crippen LogP contribution in [0.4, 0.5) is 5.13 Å². The van der Waals surface area contributed by atoms with Crippen LogP contribution in [0.1, 0.15) is 15.9 Å². The number of methoxy groups -OCH3 is 1. The Morgan fingerprint density at radius 1 is 0.946 bits per heavy atom. The van der Waals surface area contributed by atoms with Crippen molar-refractivity contribution in [2.45, 2.75) is 0 Å². The minimum atomic E-state index is -0.992. The van der Waals surface area contributed by atoms with Gasteiger partial charge in [-0.3, -0.25) is 14.9 Å². The Labute approximate surface area is 219 Å². The van der Waals surface area contributed by atoms with E-state index in [0.717, 1.165) is 16.9 Å². The van der Waals surface area contributed by atoms with E-state index in [1.165, 1.54) is 19.4 Å². The van der Waals surface area contributed by atoms with Crippen LogP contribution in [0.5, 0.6) is 11.5 Å². The van der Waals surface area contributed by atoms with Crippen LogP contribution in [0.25, 0.3) is 10.6 Å². The molecule has 0 radical (unpaired) electrons. The molecule has 12 heteroatoms. The van der Waals surface area contributed by atoms with E-state index in [4.69, 9.17) is 21.1 Å². The largest absolute Gasteiger partial charge is 0.493 e. The minimum Gasteiger partial charge on any atom is -0.493 e. The molecule has 0 unspecified atom stereocenters. The molecule has 0 aliphatic carbocycles. The number of benzene rings is 3. The molecule has 3 aromatic carbocycles. The maximum absolute atomic E-state index is 12.4. The third-order valence-corrected chi connectivity index (χ3v) is 5.86. The predicted molar refractivity (Wildman–Crippen MR) is 139 cm³/mol. The highest BCUT2D eigenvalue weighted by Crippen LogP contribution is 2.29. The molecule has 4 rings (SSSR count). The summed E-state index contributed by atoms with van der Waals surface area (Å²) >= 11 is 6.97. The zero-order chi connectivity index (χ0) is 26.2. The van der Waals surface area contributed by atoms with Gasteiger partial charge in [-0.2, -0.15) is 5.10 Å². The molecule has 0 atom stereocenters. The van der Waals surface area contributed by atoms with Gasteiger partial charge in [0.25, 0.3) is 0 Å². The molecule has 2 amide bonds. The van der Waals surface area contributed by atoms with Crippen molar-refractivity contribution in [1.29, 1.82) is 0 Å². The van der Waals surface area contributed by atoms with E-state index >= 15 is 0 Å². The van der Waals surface area contributed by atoms with Crippen LogP contribution < -0.4 is 20.2 Å². The molecule has 0 aliphatic heterocycles. The predicted octanol–water partition coefficient (Wildman–Crippen LogP) is 4.18. The zero-order valence-corrected chi connectivity index (χ0v) is 20.7. The van der Waals surface area contributed by atoms with Gasteiger partial charge in [0.05, 0.1) is 18.9 Å². The highest BCUT2D eigenvalue weighted by Gasteiger charge is 2.16. The molecule has 186 valence electrons. The van der Waals surface area contributed by atoms with Crippen molar-refractivity contribution in [3.8, 4) is 22.1 Å². The number of nitrogens with zero attached hydrogens (tertiary/aromatic N) is 3. The van der Waals surface area contributed by atoms with E-state index in [-0.39, 0.29) is 16.6 Å². The topological polar surface area (TPSA) is 132 Å². The maximum atomic E-state index is 12.4. The average Bonchev–Trinajstić information content (AvgIpc) is 3.38. The van der Waals surface area contributed by atoms with Gasteiger partial charge in [-0.1, -0.05) is 53.3 Å². The molecule has 1 heterocycles. The molecule has 0 bridgehead atoms. The highest BCUT2D eigenvalue weighted by molar-refractivity contribution is 7.18. The van der Waals surface area contributed by atoms with Crippen molar-refractivity contribution in [2.24, 2.45) is 5.10 Å². The first-order valence-electron chi connectivity index (χ1n) is 10.6. The molecule has 10 nitrogen and oxygen atoms in total. The molecule has 0 spiro atoms. The number of carbonyl (C=O) groups is 3. The number of amides is 2. The number of nitrogens with one attached hydrogen (secondary N) is 2. The molecular formula is C25H18ClN5O5S. The summed E-state index contributed by atoms with van der Waals surface area (Å²) in [5.74, 6) is -2.07. The monoisotopic (exact) mass is 535 g/mol. The number of carbonyl (C=O) groups excluding carboxylic acids is 3. The Bertz CT molecular complexity index is 1460. The van der Waals surface area contributed by atoms with Crippen molar-refractivity contribution in [1.82, 2.24) is 15.6 Å². The SMILES string of the molecule is COc1cc(C=NNC(=O)C(=O)Nc2nnc(-c3ccccc3)s2)ccc1OC(=O)c1ccc(Cl)cc1. The summed E-state index contributed by atoms with van der Waals surface area (Å²) in [7, 11) is 1.42.